The van der Waals surface area contributed by atoms with Gasteiger partial charge in [0.05, 0.1) is 5.41 Å². The monoisotopic (exact) mass is 298 g/mol. The summed E-state index contributed by atoms with van der Waals surface area (Å²) in [7, 11) is 0. The summed E-state index contributed by atoms with van der Waals surface area (Å²) < 4.78 is 0. The van der Waals surface area contributed by atoms with Gasteiger partial charge in [0.15, 0.2) is 0 Å². The molecule has 1 aliphatic heterocycles. The molecule has 1 fully saturated rings. The van der Waals surface area contributed by atoms with Crippen LogP contribution in [0.15, 0.2) is 0 Å². The number of hydrogen-bond donors (Lipinski definition) is 2. The van der Waals surface area contributed by atoms with Crippen molar-refractivity contribution in [3.05, 3.63) is 0 Å². The van der Waals surface area contributed by atoms with Crippen molar-refractivity contribution in [2.24, 2.45) is 5.41 Å². The Labute approximate surface area is 123 Å². The fraction of sp³-hybridized carbons (Fsp3) is 0.714. The topological polar surface area (TPSA) is 104 Å². The quantitative estimate of drug-likeness (QED) is 0.721. The lowest BCUT2D eigenvalue weighted by Gasteiger charge is -2.41. The maximum Gasteiger partial charge on any atom is 0.310 e. The number of amides is 3. The van der Waals surface area contributed by atoms with E-state index in [-0.39, 0.29) is 13.0 Å². The summed E-state index contributed by atoms with van der Waals surface area (Å²) in [5.74, 6) is -2.64. The molecule has 21 heavy (non-hydrogen) atoms. The van der Waals surface area contributed by atoms with E-state index in [9.17, 15) is 24.3 Å². The van der Waals surface area contributed by atoms with Crippen molar-refractivity contribution in [1.29, 1.82) is 0 Å². The number of hydrogen-bond acceptors (Lipinski definition) is 4. The fourth-order valence-corrected chi connectivity index (χ4v) is 2.45. The number of aliphatic carboxylic acids is 1. The maximum absolute atomic E-state index is 12.5. The van der Waals surface area contributed by atoms with Crippen LogP contribution in [0.1, 0.15) is 47.0 Å². The molecule has 2 N–H and O–H groups in total. The molecule has 0 aromatic heterocycles. The third-order valence-electron chi connectivity index (χ3n) is 4.38. The molecule has 1 aliphatic rings. The number of carbonyl (C=O) groups is 4. The van der Waals surface area contributed by atoms with Crippen molar-refractivity contribution in [1.82, 2.24) is 10.2 Å². The van der Waals surface area contributed by atoms with Crippen molar-refractivity contribution in [2.45, 2.75) is 52.5 Å². The van der Waals surface area contributed by atoms with E-state index in [1.54, 1.807) is 13.8 Å². The minimum Gasteiger partial charge on any atom is -0.481 e. The van der Waals surface area contributed by atoms with Gasteiger partial charge in [-0.05, 0) is 26.7 Å². The molecule has 3 amide bonds. The third kappa shape index (κ3) is 3.06. The number of piperazine rings is 1. The van der Waals surface area contributed by atoms with Gasteiger partial charge < -0.3 is 10.0 Å². The summed E-state index contributed by atoms with van der Waals surface area (Å²) in [5.41, 5.74) is -2.33. The van der Waals surface area contributed by atoms with Gasteiger partial charge in [-0.25, -0.2) is 0 Å². The van der Waals surface area contributed by atoms with Crippen LogP contribution >= 0.6 is 0 Å². The first kappa shape index (κ1) is 17.1. The molecule has 0 saturated carbocycles. The highest BCUT2D eigenvalue weighted by Crippen LogP contribution is 2.33. The molecule has 0 aromatic carbocycles. The van der Waals surface area contributed by atoms with E-state index in [0.717, 1.165) is 4.90 Å². The van der Waals surface area contributed by atoms with Gasteiger partial charge in [0.25, 0.3) is 5.91 Å². The summed E-state index contributed by atoms with van der Waals surface area (Å²) in [5, 5.41) is 11.6. The molecule has 0 atom stereocenters. The first-order valence-corrected chi connectivity index (χ1v) is 6.99. The molecule has 0 aliphatic carbocycles. The fourth-order valence-electron chi connectivity index (χ4n) is 2.45. The van der Waals surface area contributed by atoms with Crippen LogP contribution in [0.25, 0.3) is 0 Å². The van der Waals surface area contributed by atoms with E-state index >= 15 is 0 Å². The number of carbonyl (C=O) groups excluding carboxylic acids is 3. The zero-order valence-electron chi connectivity index (χ0n) is 12.9. The molecule has 7 heteroatoms. The summed E-state index contributed by atoms with van der Waals surface area (Å²) in [6.07, 6.45) is 0.386. The SMILES string of the molecule is CCC(CC)(CC(=O)N1CC(=O)NC(=O)C1(C)C)C(=O)O. The lowest BCUT2D eigenvalue weighted by molar-refractivity contribution is -0.160. The Morgan fingerprint density at radius 2 is 1.81 bits per heavy atom. The largest absolute Gasteiger partial charge is 0.481 e. The van der Waals surface area contributed by atoms with Crippen LogP contribution < -0.4 is 5.32 Å². The molecule has 0 radical (unpaired) electrons. The molecule has 1 rings (SSSR count). The highest BCUT2D eigenvalue weighted by Gasteiger charge is 2.46. The summed E-state index contributed by atoms with van der Waals surface area (Å²) in [6, 6.07) is 0. The van der Waals surface area contributed by atoms with Crippen LogP contribution in [0.3, 0.4) is 0 Å². The first-order chi connectivity index (χ1) is 9.60. The second kappa shape index (κ2) is 5.83. The van der Waals surface area contributed by atoms with Crippen LogP contribution in [0.4, 0.5) is 0 Å². The van der Waals surface area contributed by atoms with E-state index in [1.807, 2.05) is 0 Å². The molecule has 1 heterocycles. The lowest BCUT2D eigenvalue weighted by atomic mass is 9.78. The van der Waals surface area contributed by atoms with Gasteiger partial charge in [0, 0.05) is 6.42 Å². The second-order valence-corrected chi connectivity index (χ2v) is 5.89. The van der Waals surface area contributed by atoms with Crippen molar-refractivity contribution in [3.8, 4) is 0 Å². The molecular weight excluding hydrogens is 276 g/mol. The Hall–Kier alpha value is -1.92. The molecule has 118 valence electrons. The zero-order chi connectivity index (χ0) is 16.4. The second-order valence-electron chi connectivity index (χ2n) is 5.89. The highest BCUT2D eigenvalue weighted by atomic mass is 16.4. The average molecular weight is 298 g/mol. The molecule has 0 bridgehead atoms. The van der Waals surface area contributed by atoms with Crippen LogP contribution in [0.2, 0.25) is 0 Å². The standard InChI is InChI=1S/C14H22N2O5/c1-5-14(6-2,12(20)21)7-10(18)16-8-9(17)15-11(19)13(16,3)4/h5-8H2,1-4H3,(H,20,21)(H,15,17,19). The summed E-state index contributed by atoms with van der Waals surface area (Å²) >= 11 is 0. The molecular formula is C14H22N2O5. The average Bonchev–Trinajstić information content (AvgIpc) is 2.40. The van der Waals surface area contributed by atoms with Gasteiger partial charge in [-0.15, -0.1) is 0 Å². The zero-order valence-corrected chi connectivity index (χ0v) is 12.9. The van der Waals surface area contributed by atoms with Crippen molar-refractivity contribution in [3.63, 3.8) is 0 Å². The van der Waals surface area contributed by atoms with Gasteiger partial charge in [0.1, 0.15) is 12.1 Å². The van der Waals surface area contributed by atoms with Crippen LogP contribution in [0.5, 0.6) is 0 Å². The minimum absolute atomic E-state index is 0.223. The van der Waals surface area contributed by atoms with E-state index < -0.39 is 34.6 Å². The first-order valence-electron chi connectivity index (χ1n) is 6.99. The van der Waals surface area contributed by atoms with E-state index in [1.165, 1.54) is 13.8 Å². The number of carboxylic acid groups (broad SMARTS) is 1. The molecule has 0 spiro atoms. The highest BCUT2D eigenvalue weighted by molar-refractivity contribution is 6.06. The normalized spacial score (nSPS) is 18.4. The van der Waals surface area contributed by atoms with Gasteiger partial charge in [0.2, 0.25) is 11.8 Å². The Morgan fingerprint density at radius 3 is 2.24 bits per heavy atom. The summed E-state index contributed by atoms with van der Waals surface area (Å²) in [6.45, 7) is 6.26. The Bertz CT molecular complexity index is 480. The van der Waals surface area contributed by atoms with E-state index in [4.69, 9.17) is 0 Å². The Morgan fingerprint density at radius 1 is 1.29 bits per heavy atom. The summed E-state index contributed by atoms with van der Waals surface area (Å²) in [4.78, 5) is 48.4. The van der Waals surface area contributed by atoms with Crippen LogP contribution in [-0.2, 0) is 19.2 Å². The molecule has 1 saturated heterocycles. The van der Waals surface area contributed by atoms with Crippen LogP contribution in [0, 0.1) is 5.41 Å². The van der Waals surface area contributed by atoms with Crippen LogP contribution in [-0.4, -0.2) is 45.8 Å². The van der Waals surface area contributed by atoms with Gasteiger partial charge in [-0.1, -0.05) is 13.8 Å². The third-order valence-corrected chi connectivity index (χ3v) is 4.38. The Balaban J connectivity index is 3.04. The number of imide groups is 1. The van der Waals surface area contributed by atoms with Gasteiger partial charge in [-0.3, -0.25) is 24.5 Å². The maximum atomic E-state index is 12.5. The predicted octanol–water partition coefficient (Wildman–Crippen LogP) is 0.531. The van der Waals surface area contributed by atoms with Crippen molar-refractivity contribution < 1.29 is 24.3 Å². The number of nitrogens with one attached hydrogen (secondary N) is 1. The minimum atomic E-state index is -1.17. The van der Waals surface area contributed by atoms with E-state index in [2.05, 4.69) is 5.32 Å². The Kier molecular flexibility index (Phi) is 4.76. The molecule has 0 unspecified atom stereocenters. The lowest BCUT2D eigenvalue weighted by Crippen LogP contribution is -2.65. The van der Waals surface area contributed by atoms with E-state index in [0.29, 0.717) is 12.8 Å². The molecule has 0 aromatic rings. The smallest absolute Gasteiger partial charge is 0.310 e. The number of nitrogens with zero attached hydrogens (tertiary/aromatic N) is 1. The molecule has 7 nitrogen and oxygen atoms in total. The van der Waals surface area contributed by atoms with Crippen molar-refractivity contribution >= 4 is 23.7 Å². The van der Waals surface area contributed by atoms with Gasteiger partial charge >= 0.3 is 5.97 Å². The predicted molar refractivity (Wildman–Crippen MR) is 74.2 cm³/mol. The van der Waals surface area contributed by atoms with Crippen molar-refractivity contribution in [2.75, 3.05) is 6.54 Å². The number of rotatable bonds is 5. The van der Waals surface area contributed by atoms with Gasteiger partial charge in [-0.2, -0.15) is 0 Å². The number of carboxylic acids is 1.